The van der Waals surface area contributed by atoms with Gasteiger partial charge in [0.05, 0.1) is 0 Å². The first-order valence-corrected chi connectivity index (χ1v) is 11.5. The lowest BCUT2D eigenvalue weighted by molar-refractivity contribution is 0.376. The van der Waals surface area contributed by atoms with Crippen molar-refractivity contribution in [3.63, 3.8) is 0 Å². The second kappa shape index (κ2) is 11.0. The Labute approximate surface area is 182 Å². The molecule has 0 saturated carbocycles. The standard InChI is InChI=1S/C15H24.C14H22/c1-6-12(2)9-10-14-13(3)8-7-11-15(14,4)5;1-11(2)8-9-13-12(3)7-6-10-14(13,4)5/h6,9-10H,7-8,11H2,1-5H3;8-9H,1,6-7,10H2,2-5H3/b10-9+,12-6+;9-8+. The van der Waals surface area contributed by atoms with Gasteiger partial charge >= 0.3 is 0 Å². The van der Waals surface area contributed by atoms with Gasteiger partial charge < -0.3 is 0 Å². The van der Waals surface area contributed by atoms with Gasteiger partial charge in [0.25, 0.3) is 0 Å². The van der Waals surface area contributed by atoms with Crippen LogP contribution in [0.15, 0.2) is 70.4 Å². The molecule has 0 amide bonds. The second-order valence-corrected chi connectivity index (χ2v) is 10.4. The Balaban J connectivity index is 0.000000291. The van der Waals surface area contributed by atoms with E-state index in [1.54, 1.807) is 16.7 Å². The number of hydrogen-bond donors (Lipinski definition) is 0. The summed E-state index contributed by atoms with van der Waals surface area (Å²) >= 11 is 0. The zero-order chi connectivity index (χ0) is 22.2. The van der Waals surface area contributed by atoms with Gasteiger partial charge in [-0.2, -0.15) is 0 Å². The van der Waals surface area contributed by atoms with E-state index in [0.29, 0.717) is 10.8 Å². The molecule has 0 atom stereocenters. The van der Waals surface area contributed by atoms with Gasteiger partial charge in [0, 0.05) is 0 Å². The van der Waals surface area contributed by atoms with E-state index in [-0.39, 0.29) is 0 Å². The Morgan fingerprint density at radius 2 is 1.21 bits per heavy atom. The first-order chi connectivity index (χ1) is 13.4. The van der Waals surface area contributed by atoms with Crippen molar-refractivity contribution in [1.82, 2.24) is 0 Å². The summed E-state index contributed by atoms with van der Waals surface area (Å²) in [4.78, 5) is 0. The zero-order valence-corrected chi connectivity index (χ0v) is 20.8. The SMILES string of the molecule is C/C=C(C)/C=C/C1=C(C)CCCC1(C)C.C=C(C)/C=C/C1=C(C)CCCC1(C)C. The van der Waals surface area contributed by atoms with Crippen LogP contribution in [0.3, 0.4) is 0 Å². The van der Waals surface area contributed by atoms with Crippen molar-refractivity contribution in [2.75, 3.05) is 0 Å². The van der Waals surface area contributed by atoms with Crippen LogP contribution in [-0.2, 0) is 0 Å². The van der Waals surface area contributed by atoms with Gasteiger partial charge in [0.15, 0.2) is 0 Å². The number of rotatable bonds is 4. The molecule has 0 heterocycles. The summed E-state index contributed by atoms with van der Waals surface area (Å²) in [6.45, 7) is 24.1. The van der Waals surface area contributed by atoms with E-state index in [2.05, 4.69) is 92.3 Å². The second-order valence-electron chi connectivity index (χ2n) is 10.4. The molecule has 0 saturated heterocycles. The predicted octanol–water partition coefficient (Wildman–Crippen LogP) is 9.68. The molecular weight excluding hydrogens is 348 g/mol. The molecule has 29 heavy (non-hydrogen) atoms. The summed E-state index contributed by atoms with van der Waals surface area (Å²) in [6, 6.07) is 0. The van der Waals surface area contributed by atoms with Gasteiger partial charge in [0.1, 0.15) is 0 Å². The third-order valence-corrected chi connectivity index (χ3v) is 6.59. The monoisotopic (exact) mass is 394 g/mol. The molecule has 0 bridgehead atoms. The Morgan fingerprint density at radius 3 is 1.55 bits per heavy atom. The maximum atomic E-state index is 3.90. The average Bonchev–Trinajstić information content (AvgIpc) is 2.59. The molecular formula is C29H46. The molecule has 162 valence electrons. The van der Waals surface area contributed by atoms with Gasteiger partial charge in [-0.15, -0.1) is 0 Å². The zero-order valence-electron chi connectivity index (χ0n) is 20.8. The number of hydrogen-bond acceptors (Lipinski definition) is 0. The third kappa shape index (κ3) is 8.00. The van der Waals surface area contributed by atoms with Crippen molar-refractivity contribution >= 4 is 0 Å². The van der Waals surface area contributed by atoms with E-state index in [1.165, 1.54) is 49.7 Å². The molecule has 0 N–H and O–H groups in total. The lowest BCUT2D eigenvalue weighted by atomic mass is 9.72. The Morgan fingerprint density at radius 1 is 0.793 bits per heavy atom. The van der Waals surface area contributed by atoms with Crippen molar-refractivity contribution in [3.05, 3.63) is 70.4 Å². The molecule has 0 unspecified atom stereocenters. The summed E-state index contributed by atoms with van der Waals surface area (Å²) in [5, 5.41) is 0. The molecule has 2 rings (SSSR count). The Kier molecular flexibility index (Phi) is 9.66. The van der Waals surface area contributed by atoms with Crippen LogP contribution in [-0.4, -0.2) is 0 Å². The number of allylic oxidation sites excluding steroid dienone is 11. The van der Waals surface area contributed by atoms with Crippen molar-refractivity contribution in [3.8, 4) is 0 Å². The molecule has 0 spiro atoms. The first-order valence-electron chi connectivity index (χ1n) is 11.5. The quantitative estimate of drug-likeness (QED) is 0.416. The fourth-order valence-electron chi connectivity index (χ4n) is 4.56. The highest BCUT2D eigenvalue weighted by Gasteiger charge is 2.27. The molecule has 2 aliphatic rings. The normalized spacial score (nSPS) is 22.2. The van der Waals surface area contributed by atoms with Crippen LogP contribution in [0, 0.1) is 10.8 Å². The Hall–Kier alpha value is -1.56. The molecule has 0 aromatic heterocycles. The highest BCUT2D eigenvalue weighted by atomic mass is 14.3. The van der Waals surface area contributed by atoms with Crippen LogP contribution >= 0.6 is 0 Å². The van der Waals surface area contributed by atoms with Crippen molar-refractivity contribution in [1.29, 1.82) is 0 Å². The van der Waals surface area contributed by atoms with E-state index >= 15 is 0 Å². The van der Waals surface area contributed by atoms with Crippen molar-refractivity contribution in [2.45, 2.75) is 101 Å². The van der Waals surface area contributed by atoms with E-state index in [1.807, 2.05) is 6.92 Å². The minimum Gasteiger partial charge on any atom is -0.0961 e. The minimum atomic E-state index is 0.355. The van der Waals surface area contributed by atoms with E-state index < -0.39 is 0 Å². The summed E-state index contributed by atoms with van der Waals surface area (Å²) in [6.07, 6.45) is 19.0. The lowest BCUT2D eigenvalue weighted by Gasteiger charge is -2.32. The van der Waals surface area contributed by atoms with Gasteiger partial charge in [-0.05, 0) is 95.1 Å². The maximum Gasteiger partial charge on any atom is -0.0104 e. The molecule has 0 fully saturated rings. The molecule has 0 aromatic rings. The summed E-state index contributed by atoms with van der Waals surface area (Å²) < 4.78 is 0. The van der Waals surface area contributed by atoms with Crippen molar-refractivity contribution < 1.29 is 0 Å². The van der Waals surface area contributed by atoms with Crippen LogP contribution in [0.5, 0.6) is 0 Å². The average molecular weight is 395 g/mol. The van der Waals surface area contributed by atoms with Crippen LogP contribution in [0.1, 0.15) is 101 Å². The molecule has 0 radical (unpaired) electrons. The highest BCUT2D eigenvalue weighted by molar-refractivity contribution is 5.36. The van der Waals surface area contributed by atoms with Crippen LogP contribution < -0.4 is 0 Å². The van der Waals surface area contributed by atoms with Crippen LogP contribution in [0.2, 0.25) is 0 Å². The Bertz CT molecular complexity index is 726. The van der Waals surface area contributed by atoms with Gasteiger partial charge in [-0.1, -0.05) is 86.9 Å². The molecule has 2 aliphatic carbocycles. The molecule has 0 aromatic carbocycles. The lowest BCUT2D eigenvalue weighted by Crippen LogP contribution is -2.19. The third-order valence-electron chi connectivity index (χ3n) is 6.59. The predicted molar refractivity (Wildman–Crippen MR) is 133 cm³/mol. The molecule has 0 aliphatic heterocycles. The summed E-state index contributed by atoms with van der Waals surface area (Å²) in [7, 11) is 0. The van der Waals surface area contributed by atoms with Crippen molar-refractivity contribution in [2.24, 2.45) is 10.8 Å². The summed E-state index contributed by atoms with van der Waals surface area (Å²) in [5.41, 5.74) is 9.40. The van der Waals surface area contributed by atoms with Gasteiger partial charge in [0.2, 0.25) is 0 Å². The molecule has 0 nitrogen and oxygen atoms in total. The van der Waals surface area contributed by atoms with E-state index in [0.717, 1.165) is 5.57 Å². The van der Waals surface area contributed by atoms with Gasteiger partial charge in [-0.3, -0.25) is 0 Å². The maximum absolute atomic E-state index is 3.90. The van der Waals surface area contributed by atoms with E-state index in [4.69, 9.17) is 0 Å². The largest absolute Gasteiger partial charge is 0.0961 e. The minimum absolute atomic E-state index is 0.355. The van der Waals surface area contributed by atoms with Gasteiger partial charge in [-0.25, -0.2) is 0 Å². The fraction of sp³-hybridized carbons (Fsp3) is 0.586. The highest BCUT2D eigenvalue weighted by Crippen LogP contribution is 2.41. The first kappa shape index (κ1) is 25.5. The molecule has 0 heteroatoms. The smallest absolute Gasteiger partial charge is 0.0104 e. The topological polar surface area (TPSA) is 0 Å². The van der Waals surface area contributed by atoms with Crippen LogP contribution in [0.4, 0.5) is 0 Å². The fourth-order valence-corrected chi connectivity index (χ4v) is 4.56. The summed E-state index contributed by atoms with van der Waals surface area (Å²) in [5.74, 6) is 0. The van der Waals surface area contributed by atoms with Crippen LogP contribution in [0.25, 0.3) is 0 Å². The van der Waals surface area contributed by atoms with E-state index in [9.17, 15) is 0 Å².